The average molecular weight is 440 g/mol. The van der Waals surface area contributed by atoms with Gasteiger partial charge in [-0.05, 0) is 25.0 Å². The maximum atomic E-state index is 12.8. The highest BCUT2D eigenvalue weighted by molar-refractivity contribution is 5.91. The summed E-state index contributed by atoms with van der Waals surface area (Å²) in [7, 11) is 0. The Labute approximate surface area is 188 Å². The van der Waals surface area contributed by atoms with Crippen LogP contribution < -0.4 is 16.1 Å². The largest absolute Gasteiger partial charge is 0.455 e. The predicted octanol–water partition coefficient (Wildman–Crippen LogP) is 3.69. The highest BCUT2D eigenvalue weighted by Gasteiger charge is 2.28. The van der Waals surface area contributed by atoms with Crippen molar-refractivity contribution in [1.29, 1.82) is 5.26 Å². The van der Waals surface area contributed by atoms with Crippen molar-refractivity contribution in [3.63, 3.8) is 0 Å². The standard InChI is InChI=1S/C25H20N4O4/c26-14-19-25(29-11-9-16(10-12-29)23(27)31)33-24(28-19)18-8-4-7-17-20(30)13-21(32-22(17)18)15-5-2-1-3-6-15/h1-8,13,16H,9-12H2,(H2,27,31). The molecule has 1 amide bonds. The Balaban J connectivity index is 1.59. The normalized spacial score (nSPS) is 14.3. The molecule has 4 aromatic rings. The van der Waals surface area contributed by atoms with Crippen molar-refractivity contribution in [2.75, 3.05) is 18.0 Å². The highest BCUT2D eigenvalue weighted by Crippen LogP contribution is 2.35. The van der Waals surface area contributed by atoms with Crippen molar-refractivity contribution in [3.8, 4) is 28.8 Å². The summed E-state index contributed by atoms with van der Waals surface area (Å²) in [5.41, 5.74) is 6.98. The summed E-state index contributed by atoms with van der Waals surface area (Å²) in [4.78, 5) is 30.6. The number of primary amides is 1. The van der Waals surface area contributed by atoms with Gasteiger partial charge in [0.05, 0.1) is 10.9 Å². The third-order valence-electron chi connectivity index (χ3n) is 5.94. The summed E-state index contributed by atoms with van der Waals surface area (Å²) in [6.07, 6.45) is 1.17. The minimum atomic E-state index is -0.312. The number of hydrogen-bond donors (Lipinski definition) is 1. The first-order chi connectivity index (χ1) is 16.0. The lowest BCUT2D eigenvalue weighted by Gasteiger charge is -2.30. The lowest BCUT2D eigenvalue weighted by atomic mass is 9.96. The Morgan fingerprint density at radius 3 is 2.55 bits per heavy atom. The molecular weight excluding hydrogens is 420 g/mol. The van der Waals surface area contributed by atoms with Crippen molar-refractivity contribution in [3.05, 3.63) is 70.5 Å². The number of carbonyl (C=O) groups excluding carboxylic acids is 1. The number of piperidine rings is 1. The van der Waals surface area contributed by atoms with Gasteiger partial charge < -0.3 is 19.5 Å². The number of para-hydroxylation sites is 1. The number of nitrogens with two attached hydrogens (primary N) is 1. The molecule has 2 aromatic heterocycles. The first-order valence-electron chi connectivity index (χ1n) is 10.6. The van der Waals surface area contributed by atoms with Gasteiger partial charge in [0.1, 0.15) is 11.8 Å². The maximum Gasteiger partial charge on any atom is 0.235 e. The van der Waals surface area contributed by atoms with Gasteiger partial charge in [0.25, 0.3) is 0 Å². The number of anilines is 1. The fourth-order valence-electron chi connectivity index (χ4n) is 4.17. The summed E-state index contributed by atoms with van der Waals surface area (Å²) in [5, 5.41) is 10.0. The molecule has 1 aliphatic rings. The Hall–Kier alpha value is -4.38. The van der Waals surface area contributed by atoms with E-state index in [1.54, 1.807) is 18.2 Å². The van der Waals surface area contributed by atoms with Crippen LogP contribution in [0.3, 0.4) is 0 Å². The van der Waals surface area contributed by atoms with Gasteiger partial charge in [-0.3, -0.25) is 9.59 Å². The van der Waals surface area contributed by atoms with Crippen LogP contribution in [-0.4, -0.2) is 24.0 Å². The van der Waals surface area contributed by atoms with E-state index in [4.69, 9.17) is 14.6 Å². The molecule has 2 N–H and O–H groups in total. The number of oxazole rings is 1. The molecule has 164 valence electrons. The quantitative estimate of drug-likeness (QED) is 0.513. The van der Waals surface area contributed by atoms with Gasteiger partial charge in [0.2, 0.25) is 23.4 Å². The third-order valence-corrected chi connectivity index (χ3v) is 5.94. The molecule has 0 bridgehead atoms. The van der Waals surface area contributed by atoms with Gasteiger partial charge in [0.15, 0.2) is 11.0 Å². The molecule has 0 aliphatic carbocycles. The van der Waals surface area contributed by atoms with Gasteiger partial charge in [-0.15, -0.1) is 0 Å². The van der Waals surface area contributed by atoms with Crippen LogP contribution in [0.1, 0.15) is 18.5 Å². The molecule has 0 saturated carbocycles. The van der Waals surface area contributed by atoms with Crippen LogP contribution in [0.4, 0.5) is 5.88 Å². The van der Waals surface area contributed by atoms with E-state index >= 15 is 0 Å². The summed E-state index contributed by atoms with van der Waals surface area (Å²) < 4.78 is 12.2. The molecule has 5 rings (SSSR count). The van der Waals surface area contributed by atoms with Gasteiger partial charge in [-0.25, -0.2) is 0 Å². The number of benzene rings is 2. The van der Waals surface area contributed by atoms with Crippen LogP contribution in [0, 0.1) is 17.2 Å². The molecule has 1 saturated heterocycles. The number of fused-ring (bicyclic) bond motifs is 1. The van der Waals surface area contributed by atoms with Gasteiger partial charge in [-0.1, -0.05) is 36.4 Å². The van der Waals surface area contributed by atoms with E-state index in [1.165, 1.54) is 6.07 Å². The second-order valence-electron chi connectivity index (χ2n) is 7.97. The Kier molecular flexibility index (Phi) is 5.15. The fraction of sp³-hybridized carbons (Fsp3) is 0.200. The molecule has 1 aliphatic heterocycles. The Morgan fingerprint density at radius 1 is 1.09 bits per heavy atom. The summed E-state index contributed by atoms with van der Waals surface area (Å²) in [6.45, 7) is 1.05. The first kappa shape index (κ1) is 20.5. The smallest absolute Gasteiger partial charge is 0.235 e. The highest BCUT2D eigenvalue weighted by atomic mass is 16.4. The van der Waals surface area contributed by atoms with Crippen LogP contribution in [-0.2, 0) is 4.79 Å². The summed E-state index contributed by atoms with van der Waals surface area (Å²) >= 11 is 0. The molecular formula is C25H20N4O4. The second-order valence-corrected chi connectivity index (χ2v) is 7.97. The number of amides is 1. The van der Waals surface area contributed by atoms with Gasteiger partial charge in [-0.2, -0.15) is 10.2 Å². The molecule has 8 heteroatoms. The SMILES string of the molecule is N#Cc1nc(-c2cccc3c(=O)cc(-c4ccccc4)oc23)oc1N1CCC(C(N)=O)CC1. The molecule has 0 atom stereocenters. The molecule has 2 aromatic carbocycles. The van der Waals surface area contributed by atoms with E-state index in [9.17, 15) is 14.9 Å². The molecule has 0 radical (unpaired) electrons. The zero-order valence-corrected chi connectivity index (χ0v) is 17.7. The monoisotopic (exact) mass is 440 g/mol. The van der Waals surface area contributed by atoms with E-state index in [0.29, 0.717) is 54.1 Å². The summed E-state index contributed by atoms with van der Waals surface area (Å²) in [5.74, 6) is 0.472. The van der Waals surface area contributed by atoms with Crippen molar-refractivity contribution in [2.24, 2.45) is 11.7 Å². The third kappa shape index (κ3) is 3.74. The minimum absolute atomic E-state index is 0.140. The Bertz CT molecular complexity index is 1440. The minimum Gasteiger partial charge on any atom is -0.455 e. The topological polar surface area (TPSA) is 126 Å². The number of carbonyl (C=O) groups is 1. The molecule has 0 spiro atoms. The number of nitriles is 1. The molecule has 0 unspecified atom stereocenters. The van der Waals surface area contributed by atoms with E-state index in [2.05, 4.69) is 11.1 Å². The van der Waals surface area contributed by atoms with Crippen molar-refractivity contribution in [1.82, 2.24) is 4.98 Å². The number of nitrogens with zero attached hydrogens (tertiary/aromatic N) is 3. The lowest BCUT2D eigenvalue weighted by molar-refractivity contribution is -0.122. The van der Waals surface area contributed by atoms with Gasteiger partial charge in [0, 0.05) is 30.6 Å². The zero-order valence-electron chi connectivity index (χ0n) is 17.7. The van der Waals surface area contributed by atoms with Crippen LogP contribution >= 0.6 is 0 Å². The maximum absolute atomic E-state index is 12.8. The van der Waals surface area contributed by atoms with E-state index in [-0.39, 0.29) is 28.8 Å². The Morgan fingerprint density at radius 2 is 1.85 bits per heavy atom. The average Bonchev–Trinajstić information content (AvgIpc) is 3.28. The number of aromatic nitrogens is 1. The predicted molar refractivity (Wildman–Crippen MR) is 122 cm³/mol. The van der Waals surface area contributed by atoms with E-state index in [1.807, 2.05) is 35.2 Å². The van der Waals surface area contributed by atoms with Crippen LogP contribution in [0.15, 0.2) is 68.2 Å². The lowest BCUT2D eigenvalue weighted by Crippen LogP contribution is -2.38. The van der Waals surface area contributed by atoms with Crippen molar-refractivity contribution in [2.45, 2.75) is 12.8 Å². The van der Waals surface area contributed by atoms with E-state index < -0.39 is 0 Å². The zero-order chi connectivity index (χ0) is 22.9. The van der Waals surface area contributed by atoms with E-state index in [0.717, 1.165) is 5.56 Å². The molecule has 3 heterocycles. The van der Waals surface area contributed by atoms with Crippen molar-refractivity contribution < 1.29 is 13.6 Å². The van der Waals surface area contributed by atoms with Gasteiger partial charge >= 0.3 is 0 Å². The molecule has 33 heavy (non-hydrogen) atoms. The van der Waals surface area contributed by atoms with Crippen LogP contribution in [0.5, 0.6) is 0 Å². The molecule has 8 nitrogen and oxygen atoms in total. The number of hydrogen-bond acceptors (Lipinski definition) is 7. The summed E-state index contributed by atoms with van der Waals surface area (Å²) in [6, 6.07) is 18.0. The van der Waals surface area contributed by atoms with Crippen LogP contribution in [0.25, 0.3) is 33.7 Å². The second kappa shape index (κ2) is 8.28. The van der Waals surface area contributed by atoms with Crippen LogP contribution in [0.2, 0.25) is 0 Å². The number of rotatable bonds is 4. The first-order valence-corrected chi connectivity index (χ1v) is 10.6. The fourth-order valence-corrected chi connectivity index (χ4v) is 4.17. The molecule has 1 fully saturated rings. The van der Waals surface area contributed by atoms with Crippen molar-refractivity contribution >= 4 is 22.8 Å².